The number of piperidine rings is 1. The number of aromatic amines is 1. The third-order valence-electron chi connectivity index (χ3n) is 3.47. The molecule has 0 bridgehead atoms. The predicted octanol–water partition coefficient (Wildman–Crippen LogP) is 0.985. The van der Waals surface area contributed by atoms with E-state index in [-0.39, 0.29) is 5.97 Å². The number of ether oxygens (including phenoxy) is 1. The Hall–Kier alpha value is -1.33. The number of carbonyl (C=O) groups excluding carboxylic acids is 1. The van der Waals surface area contributed by atoms with Gasteiger partial charge in [-0.1, -0.05) is 0 Å². The van der Waals surface area contributed by atoms with Gasteiger partial charge in [0.15, 0.2) is 0 Å². The van der Waals surface area contributed by atoms with E-state index in [1.54, 1.807) is 0 Å². The molecule has 2 heterocycles. The van der Waals surface area contributed by atoms with E-state index in [0.717, 1.165) is 25.2 Å². The van der Waals surface area contributed by atoms with Gasteiger partial charge in [0.25, 0.3) is 0 Å². The van der Waals surface area contributed by atoms with Crippen LogP contribution in [-0.2, 0) is 11.3 Å². The van der Waals surface area contributed by atoms with Crippen LogP contribution in [0.4, 0.5) is 0 Å². The van der Waals surface area contributed by atoms with Gasteiger partial charge in [0.05, 0.1) is 7.11 Å². The summed E-state index contributed by atoms with van der Waals surface area (Å²) in [4.78, 5) is 16.7. The number of hydrogen-bond acceptors (Lipinski definition) is 4. The van der Waals surface area contributed by atoms with Crippen molar-refractivity contribution in [1.82, 2.24) is 15.2 Å². The molecule has 2 N–H and O–H groups in total. The van der Waals surface area contributed by atoms with Crippen LogP contribution in [0.2, 0.25) is 0 Å². The number of hydrogen-bond donors (Lipinski definition) is 2. The molecule has 1 aliphatic heterocycles. The van der Waals surface area contributed by atoms with Gasteiger partial charge in [0.2, 0.25) is 0 Å². The number of likely N-dealkylation sites (N-methyl/N-ethyl adjacent to an activating group) is 1. The smallest absolute Gasteiger partial charge is 0.354 e. The summed E-state index contributed by atoms with van der Waals surface area (Å²) in [6, 6.07) is 2.45. The van der Waals surface area contributed by atoms with Crippen LogP contribution in [0, 0.1) is 0 Å². The highest BCUT2D eigenvalue weighted by Crippen LogP contribution is 2.14. The van der Waals surface area contributed by atoms with Crippen LogP contribution in [0.5, 0.6) is 0 Å². The van der Waals surface area contributed by atoms with Gasteiger partial charge in [0.1, 0.15) is 5.69 Å². The molecule has 0 aliphatic carbocycles. The Kier molecular flexibility index (Phi) is 4.38. The molecular formula is C13H21N3O2. The second-order valence-electron chi connectivity index (χ2n) is 4.78. The molecule has 1 aromatic rings. The summed E-state index contributed by atoms with van der Waals surface area (Å²) in [5, 5.41) is 3.33. The van der Waals surface area contributed by atoms with Crippen molar-refractivity contribution in [3.8, 4) is 0 Å². The molecule has 1 saturated heterocycles. The van der Waals surface area contributed by atoms with Crippen molar-refractivity contribution in [2.75, 3.05) is 27.2 Å². The Morgan fingerprint density at radius 1 is 1.67 bits per heavy atom. The zero-order chi connectivity index (χ0) is 13.0. The molecule has 0 aromatic carbocycles. The van der Waals surface area contributed by atoms with Crippen molar-refractivity contribution < 1.29 is 9.53 Å². The monoisotopic (exact) mass is 251 g/mol. The first-order chi connectivity index (χ1) is 8.72. The molecule has 0 amide bonds. The van der Waals surface area contributed by atoms with E-state index < -0.39 is 0 Å². The maximum absolute atomic E-state index is 11.3. The third kappa shape index (κ3) is 3.11. The van der Waals surface area contributed by atoms with Crippen LogP contribution in [-0.4, -0.2) is 49.1 Å². The second-order valence-corrected chi connectivity index (χ2v) is 4.78. The van der Waals surface area contributed by atoms with Gasteiger partial charge in [-0.3, -0.25) is 4.90 Å². The lowest BCUT2D eigenvalue weighted by molar-refractivity contribution is 0.0594. The first-order valence-electron chi connectivity index (χ1n) is 6.38. The van der Waals surface area contributed by atoms with E-state index in [1.807, 2.05) is 19.3 Å². The molecule has 1 aromatic heterocycles. The summed E-state index contributed by atoms with van der Waals surface area (Å²) in [6.07, 6.45) is 4.35. The van der Waals surface area contributed by atoms with Crippen molar-refractivity contribution >= 4 is 5.97 Å². The highest BCUT2D eigenvalue weighted by atomic mass is 16.5. The zero-order valence-electron chi connectivity index (χ0n) is 11.0. The van der Waals surface area contributed by atoms with Crippen molar-refractivity contribution in [2.45, 2.75) is 25.4 Å². The predicted molar refractivity (Wildman–Crippen MR) is 69.5 cm³/mol. The maximum atomic E-state index is 11.3. The lowest BCUT2D eigenvalue weighted by Crippen LogP contribution is -2.43. The highest BCUT2D eigenvalue weighted by molar-refractivity contribution is 5.87. The molecule has 5 nitrogen and oxygen atoms in total. The Bertz CT molecular complexity index is 403. The van der Waals surface area contributed by atoms with Crippen LogP contribution < -0.4 is 5.32 Å². The van der Waals surface area contributed by atoms with E-state index in [2.05, 4.69) is 19.9 Å². The topological polar surface area (TPSA) is 57.4 Å². The normalized spacial score (nSPS) is 20.9. The number of aromatic nitrogens is 1. The van der Waals surface area contributed by atoms with Crippen LogP contribution in [0.3, 0.4) is 0 Å². The Balaban J connectivity index is 1.92. The fourth-order valence-corrected chi connectivity index (χ4v) is 2.45. The number of esters is 1. The Morgan fingerprint density at radius 3 is 3.22 bits per heavy atom. The summed E-state index contributed by atoms with van der Waals surface area (Å²) < 4.78 is 4.68. The number of carbonyl (C=O) groups is 1. The highest BCUT2D eigenvalue weighted by Gasteiger charge is 2.19. The molecule has 1 unspecified atom stereocenters. The second kappa shape index (κ2) is 6.02. The quantitative estimate of drug-likeness (QED) is 0.783. The van der Waals surface area contributed by atoms with Crippen LogP contribution in [0.15, 0.2) is 12.3 Å². The largest absolute Gasteiger partial charge is 0.464 e. The number of likely N-dealkylation sites (tertiary alicyclic amines) is 1. The van der Waals surface area contributed by atoms with Crippen LogP contribution >= 0.6 is 0 Å². The van der Waals surface area contributed by atoms with Gasteiger partial charge >= 0.3 is 5.97 Å². The van der Waals surface area contributed by atoms with Gasteiger partial charge < -0.3 is 15.0 Å². The molecule has 18 heavy (non-hydrogen) atoms. The van der Waals surface area contributed by atoms with Crippen molar-refractivity contribution in [3.63, 3.8) is 0 Å². The van der Waals surface area contributed by atoms with E-state index in [9.17, 15) is 4.79 Å². The minimum absolute atomic E-state index is 0.312. The summed E-state index contributed by atoms with van der Waals surface area (Å²) >= 11 is 0. The lowest BCUT2D eigenvalue weighted by atomic mass is 10.1. The molecule has 0 radical (unpaired) electrons. The van der Waals surface area contributed by atoms with Crippen LogP contribution in [0.1, 0.15) is 28.9 Å². The SMILES string of the molecule is CNC1CCCN(Cc2c[nH]c(C(=O)OC)c2)C1. The molecule has 2 rings (SSSR count). The number of nitrogens with one attached hydrogen (secondary N) is 2. The maximum Gasteiger partial charge on any atom is 0.354 e. The fraction of sp³-hybridized carbons (Fsp3) is 0.615. The Morgan fingerprint density at radius 2 is 2.50 bits per heavy atom. The fourth-order valence-electron chi connectivity index (χ4n) is 2.45. The first kappa shape index (κ1) is 13.1. The molecule has 1 aliphatic rings. The van der Waals surface area contributed by atoms with E-state index in [4.69, 9.17) is 0 Å². The minimum Gasteiger partial charge on any atom is -0.464 e. The Labute approximate surface area is 108 Å². The molecule has 1 fully saturated rings. The summed E-state index contributed by atoms with van der Waals surface area (Å²) in [5.41, 5.74) is 1.65. The molecule has 0 saturated carbocycles. The number of methoxy groups -OCH3 is 1. The standard InChI is InChI=1S/C13H21N3O2/c1-14-11-4-3-5-16(9-11)8-10-6-12(15-7-10)13(17)18-2/h6-7,11,14-15H,3-5,8-9H2,1-2H3. The lowest BCUT2D eigenvalue weighted by Gasteiger charge is -2.32. The molecular weight excluding hydrogens is 230 g/mol. The van der Waals surface area contributed by atoms with Gasteiger partial charge in [-0.15, -0.1) is 0 Å². The average molecular weight is 251 g/mol. The van der Waals surface area contributed by atoms with E-state index >= 15 is 0 Å². The van der Waals surface area contributed by atoms with Crippen molar-refractivity contribution in [2.24, 2.45) is 0 Å². The minimum atomic E-state index is -0.312. The number of rotatable bonds is 4. The molecule has 1 atom stereocenters. The third-order valence-corrected chi connectivity index (χ3v) is 3.47. The van der Waals surface area contributed by atoms with E-state index in [1.165, 1.54) is 20.0 Å². The summed E-state index contributed by atoms with van der Waals surface area (Å²) in [5.74, 6) is -0.312. The molecule has 5 heteroatoms. The number of H-pyrrole nitrogens is 1. The molecule has 100 valence electrons. The van der Waals surface area contributed by atoms with Gasteiger partial charge in [-0.2, -0.15) is 0 Å². The van der Waals surface area contributed by atoms with Crippen molar-refractivity contribution in [3.05, 3.63) is 23.5 Å². The zero-order valence-corrected chi connectivity index (χ0v) is 11.0. The van der Waals surface area contributed by atoms with Gasteiger partial charge in [-0.25, -0.2) is 4.79 Å². The van der Waals surface area contributed by atoms with Crippen LogP contribution in [0.25, 0.3) is 0 Å². The van der Waals surface area contributed by atoms with Gasteiger partial charge in [-0.05, 0) is 38.1 Å². The molecule has 0 spiro atoms. The first-order valence-corrected chi connectivity index (χ1v) is 6.38. The average Bonchev–Trinajstić information content (AvgIpc) is 2.86. The number of nitrogens with zero attached hydrogens (tertiary/aromatic N) is 1. The van der Waals surface area contributed by atoms with E-state index in [0.29, 0.717) is 11.7 Å². The summed E-state index contributed by atoms with van der Waals surface area (Å²) in [6.45, 7) is 3.07. The summed E-state index contributed by atoms with van der Waals surface area (Å²) in [7, 11) is 3.41. The van der Waals surface area contributed by atoms with Gasteiger partial charge in [0, 0.05) is 25.3 Å². The van der Waals surface area contributed by atoms with Crippen molar-refractivity contribution in [1.29, 1.82) is 0 Å².